The van der Waals surface area contributed by atoms with Gasteiger partial charge in [0.15, 0.2) is 0 Å². The Morgan fingerprint density at radius 1 is 0.897 bits per heavy atom. The van der Waals surface area contributed by atoms with E-state index >= 15 is 0 Å². The van der Waals surface area contributed by atoms with Crippen LogP contribution in [0.5, 0.6) is 0 Å². The molecule has 1 atom stereocenters. The SMILES string of the molecule is CN(C)P(=O)(N(C)C)N1CCC[C@H]1COP(=O)(c1ccccc1)c1ccccc1. The van der Waals surface area contributed by atoms with E-state index < -0.39 is 15.0 Å². The highest BCUT2D eigenvalue weighted by Gasteiger charge is 2.43. The quantitative estimate of drug-likeness (QED) is 0.591. The second-order valence-electron chi connectivity index (χ2n) is 7.69. The minimum atomic E-state index is -3.25. The molecule has 1 saturated heterocycles. The van der Waals surface area contributed by atoms with Crippen LogP contribution in [0.2, 0.25) is 0 Å². The highest BCUT2D eigenvalue weighted by Crippen LogP contribution is 2.57. The molecule has 0 saturated carbocycles. The molecule has 0 radical (unpaired) electrons. The molecular formula is C21H31N3O3P2. The number of rotatable bonds is 8. The van der Waals surface area contributed by atoms with Crippen molar-refractivity contribution < 1.29 is 13.7 Å². The Labute approximate surface area is 174 Å². The van der Waals surface area contributed by atoms with E-state index in [-0.39, 0.29) is 12.6 Å². The zero-order valence-corrected chi connectivity index (χ0v) is 19.4. The van der Waals surface area contributed by atoms with Crippen molar-refractivity contribution in [2.24, 2.45) is 0 Å². The van der Waals surface area contributed by atoms with E-state index in [4.69, 9.17) is 4.52 Å². The summed E-state index contributed by atoms with van der Waals surface area (Å²) in [6.45, 7) is 1.01. The van der Waals surface area contributed by atoms with E-state index in [0.29, 0.717) is 10.6 Å². The summed E-state index contributed by atoms with van der Waals surface area (Å²) in [5.74, 6) is 0. The molecule has 1 fully saturated rings. The summed E-state index contributed by atoms with van der Waals surface area (Å²) < 4.78 is 39.7. The van der Waals surface area contributed by atoms with Crippen LogP contribution in [0.3, 0.4) is 0 Å². The molecule has 0 unspecified atom stereocenters. The number of hydrogen-bond donors (Lipinski definition) is 0. The molecule has 0 aromatic heterocycles. The van der Waals surface area contributed by atoms with E-state index in [1.807, 2.05) is 93.5 Å². The molecule has 158 valence electrons. The van der Waals surface area contributed by atoms with Gasteiger partial charge in [0.1, 0.15) is 0 Å². The van der Waals surface area contributed by atoms with Crippen molar-refractivity contribution in [1.29, 1.82) is 0 Å². The van der Waals surface area contributed by atoms with E-state index in [2.05, 4.69) is 0 Å². The van der Waals surface area contributed by atoms with Gasteiger partial charge < -0.3 is 4.52 Å². The van der Waals surface area contributed by atoms with Crippen molar-refractivity contribution in [2.45, 2.75) is 18.9 Å². The van der Waals surface area contributed by atoms with Crippen molar-refractivity contribution in [2.75, 3.05) is 41.3 Å². The summed E-state index contributed by atoms with van der Waals surface area (Å²) in [5.41, 5.74) is 0. The zero-order valence-electron chi connectivity index (χ0n) is 17.6. The fraction of sp³-hybridized carbons (Fsp3) is 0.429. The third-order valence-electron chi connectivity index (χ3n) is 5.36. The van der Waals surface area contributed by atoms with E-state index in [1.54, 1.807) is 9.34 Å². The summed E-state index contributed by atoms with van der Waals surface area (Å²) in [7, 11) is 1.26. The van der Waals surface area contributed by atoms with Crippen molar-refractivity contribution in [3.8, 4) is 0 Å². The van der Waals surface area contributed by atoms with Gasteiger partial charge in [0, 0.05) is 23.2 Å². The van der Waals surface area contributed by atoms with Crippen LogP contribution in [0.15, 0.2) is 60.7 Å². The maximum Gasteiger partial charge on any atom is 0.286 e. The van der Waals surface area contributed by atoms with Gasteiger partial charge in [-0.15, -0.1) is 0 Å². The minimum absolute atomic E-state index is 0.0496. The van der Waals surface area contributed by atoms with Gasteiger partial charge >= 0.3 is 0 Å². The molecule has 3 rings (SSSR count). The second-order valence-corrected chi connectivity index (χ2v) is 13.2. The fourth-order valence-corrected chi connectivity index (χ4v) is 8.64. The van der Waals surface area contributed by atoms with Crippen LogP contribution in [0.4, 0.5) is 0 Å². The Morgan fingerprint density at radius 2 is 1.38 bits per heavy atom. The lowest BCUT2D eigenvalue weighted by atomic mass is 10.2. The van der Waals surface area contributed by atoms with Crippen molar-refractivity contribution >= 4 is 25.6 Å². The molecule has 0 spiro atoms. The summed E-state index contributed by atoms with van der Waals surface area (Å²) in [6.07, 6.45) is 1.82. The van der Waals surface area contributed by atoms with Crippen molar-refractivity contribution in [3.63, 3.8) is 0 Å². The molecule has 1 aliphatic rings. The lowest BCUT2D eigenvalue weighted by molar-refractivity contribution is 0.222. The lowest BCUT2D eigenvalue weighted by Gasteiger charge is -2.40. The van der Waals surface area contributed by atoms with Gasteiger partial charge in [0.25, 0.3) is 15.0 Å². The van der Waals surface area contributed by atoms with Crippen LogP contribution >= 0.6 is 15.0 Å². The lowest BCUT2D eigenvalue weighted by Crippen LogP contribution is -2.40. The Hall–Kier alpha value is -1.26. The van der Waals surface area contributed by atoms with Gasteiger partial charge in [-0.2, -0.15) is 0 Å². The highest BCUT2D eigenvalue weighted by molar-refractivity contribution is 7.74. The summed E-state index contributed by atoms with van der Waals surface area (Å²) in [4.78, 5) is 0. The number of benzene rings is 2. The molecule has 0 amide bonds. The maximum atomic E-state index is 14.1. The Bertz CT molecular complexity index is 835. The summed E-state index contributed by atoms with van der Waals surface area (Å²) >= 11 is 0. The van der Waals surface area contributed by atoms with Gasteiger partial charge in [-0.05, 0) is 65.3 Å². The van der Waals surface area contributed by atoms with Crippen molar-refractivity contribution in [1.82, 2.24) is 14.0 Å². The van der Waals surface area contributed by atoms with Crippen LogP contribution in [0, 0.1) is 0 Å². The van der Waals surface area contributed by atoms with Gasteiger partial charge in [-0.3, -0.25) is 9.13 Å². The highest BCUT2D eigenvalue weighted by atomic mass is 31.2. The largest absolute Gasteiger partial charge is 0.320 e. The average Bonchev–Trinajstić information content (AvgIpc) is 3.21. The molecule has 0 aliphatic carbocycles. The van der Waals surface area contributed by atoms with Gasteiger partial charge in [-0.1, -0.05) is 36.4 Å². The number of nitrogens with zero attached hydrogens (tertiary/aromatic N) is 3. The molecule has 6 nitrogen and oxygen atoms in total. The number of hydrogen-bond acceptors (Lipinski definition) is 3. The van der Waals surface area contributed by atoms with Gasteiger partial charge in [-0.25, -0.2) is 14.0 Å². The Kier molecular flexibility index (Phi) is 7.16. The average molecular weight is 435 g/mol. The molecular weight excluding hydrogens is 404 g/mol. The van der Waals surface area contributed by atoms with Gasteiger partial charge in [0.05, 0.1) is 6.61 Å². The first-order chi connectivity index (χ1) is 13.8. The Morgan fingerprint density at radius 3 is 1.83 bits per heavy atom. The third-order valence-corrected chi connectivity index (χ3v) is 11.1. The topological polar surface area (TPSA) is 53.1 Å². The summed E-state index contributed by atoms with van der Waals surface area (Å²) in [5, 5.41) is 1.36. The molecule has 2 aromatic rings. The van der Waals surface area contributed by atoms with Crippen LogP contribution in [-0.2, 0) is 13.7 Å². The van der Waals surface area contributed by atoms with Crippen LogP contribution < -0.4 is 10.6 Å². The van der Waals surface area contributed by atoms with E-state index in [0.717, 1.165) is 19.4 Å². The minimum Gasteiger partial charge on any atom is -0.320 e. The molecule has 2 aromatic carbocycles. The normalized spacial score (nSPS) is 18.6. The Balaban J connectivity index is 1.88. The maximum absolute atomic E-state index is 14.1. The first-order valence-electron chi connectivity index (χ1n) is 9.88. The van der Waals surface area contributed by atoms with Gasteiger partial charge in [0.2, 0.25) is 0 Å². The molecule has 1 aliphatic heterocycles. The smallest absolute Gasteiger partial charge is 0.286 e. The molecule has 29 heavy (non-hydrogen) atoms. The third kappa shape index (κ3) is 4.44. The molecule has 8 heteroatoms. The zero-order chi connectivity index (χ0) is 21.1. The molecule has 0 N–H and O–H groups in total. The standard InChI is InChI=1S/C21H31N3O3P2/c1-22(2)29(26,23(3)4)24-17-11-12-19(24)18-27-28(25,20-13-7-5-8-14-20)21-15-9-6-10-16-21/h5-10,13-16,19H,11-12,17-18H2,1-4H3/t19-/m0/s1. The molecule has 1 heterocycles. The monoisotopic (exact) mass is 435 g/mol. The van der Waals surface area contributed by atoms with Crippen molar-refractivity contribution in [3.05, 3.63) is 60.7 Å². The molecule has 0 bridgehead atoms. The van der Waals surface area contributed by atoms with E-state index in [1.165, 1.54) is 0 Å². The second kappa shape index (κ2) is 9.26. The van der Waals surface area contributed by atoms with Crippen LogP contribution in [-0.4, -0.2) is 61.4 Å². The predicted octanol–water partition coefficient (Wildman–Crippen LogP) is 3.63. The first-order valence-corrected chi connectivity index (χ1v) is 13.1. The fourth-order valence-electron chi connectivity index (χ4n) is 3.89. The van der Waals surface area contributed by atoms with Crippen LogP contribution in [0.1, 0.15) is 12.8 Å². The van der Waals surface area contributed by atoms with E-state index in [9.17, 15) is 9.13 Å². The predicted molar refractivity (Wildman–Crippen MR) is 120 cm³/mol. The summed E-state index contributed by atoms with van der Waals surface area (Å²) in [6, 6.07) is 18.7. The van der Waals surface area contributed by atoms with Crippen LogP contribution in [0.25, 0.3) is 0 Å². The first kappa shape index (κ1) is 22.4.